The topological polar surface area (TPSA) is 121 Å². The van der Waals surface area contributed by atoms with Crippen LogP contribution in [0.25, 0.3) is 0 Å². The van der Waals surface area contributed by atoms with Crippen LogP contribution in [-0.2, 0) is 33.7 Å². The summed E-state index contributed by atoms with van der Waals surface area (Å²) in [5.74, 6) is -0.0412. The highest BCUT2D eigenvalue weighted by molar-refractivity contribution is 5.86. The fourth-order valence-electron chi connectivity index (χ4n) is 4.67. The number of rotatable bonds is 15. The molecule has 0 saturated heterocycles. The Morgan fingerprint density at radius 2 is 1.88 bits per heavy atom. The molecule has 2 heterocycles. The minimum Gasteiger partial charge on any atom is -0.467 e. The van der Waals surface area contributed by atoms with Crippen molar-refractivity contribution in [1.82, 2.24) is 15.2 Å². The van der Waals surface area contributed by atoms with Crippen LogP contribution in [0.15, 0.2) is 42.5 Å². The number of methoxy groups -OCH3 is 1. The highest BCUT2D eigenvalue weighted by atomic mass is 19.1. The standard InChI is InChI=1S/C29H39FN4O6/c1-39-27(35)25(32-28(36)40-21-22-9-3-2-4-10-22)15-20-33(18-8-16-30)17-6-5-12-24-14-13-23-11-7-19-34(29(37)38)26(23)31-24/h2-4,9-10,13-14,25H,5-8,11-12,15-21H2,1H3,(H,32,36)(H,37,38). The van der Waals surface area contributed by atoms with Crippen molar-refractivity contribution in [3.05, 3.63) is 59.3 Å². The summed E-state index contributed by atoms with van der Waals surface area (Å²) in [4.78, 5) is 44.2. The van der Waals surface area contributed by atoms with E-state index in [0.29, 0.717) is 44.8 Å². The lowest BCUT2D eigenvalue weighted by molar-refractivity contribution is -0.143. The van der Waals surface area contributed by atoms with Crippen molar-refractivity contribution in [2.45, 2.75) is 57.6 Å². The van der Waals surface area contributed by atoms with Crippen LogP contribution in [0.4, 0.5) is 19.8 Å². The van der Waals surface area contributed by atoms with E-state index in [1.807, 2.05) is 42.5 Å². The monoisotopic (exact) mass is 558 g/mol. The third-order valence-corrected chi connectivity index (χ3v) is 6.82. The Morgan fingerprint density at radius 3 is 2.60 bits per heavy atom. The van der Waals surface area contributed by atoms with E-state index in [1.54, 1.807) is 0 Å². The highest BCUT2D eigenvalue weighted by Gasteiger charge is 2.24. The van der Waals surface area contributed by atoms with Gasteiger partial charge in [-0.15, -0.1) is 0 Å². The second kappa shape index (κ2) is 16.4. The average Bonchev–Trinajstić information content (AvgIpc) is 2.98. The smallest absolute Gasteiger partial charge is 0.413 e. The fourth-order valence-corrected chi connectivity index (χ4v) is 4.67. The van der Waals surface area contributed by atoms with E-state index in [0.717, 1.165) is 42.5 Å². The lowest BCUT2D eigenvalue weighted by Crippen LogP contribution is -2.44. The first-order chi connectivity index (χ1) is 19.4. The number of nitrogens with zero attached hydrogens (tertiary/aromatic N) is 3. The Balaban J connectivity index is 1.48. The molecule has 1 aromatic carbocycles. The van der Waals surface area contributed by atoms with Gasteiger partial charge >= 0.3 is 18.2 Å². The van der Waals surface area contributed by atoms with Gasteiger partial charge in [-0.2, -0.15) is 0 Å². The lowest BCUT2D eigenvalue weighted by atomic mass is 10.0. The maximum Gasteiger partial charge on any atom is 0.413 e. The maximum atomic E-state index is 12.9. The number of unbranched alkanes of at least 4 members (excludes halogenated alkanes) is 1. The Labute approximate surface area is 234 Å². The van der Waals surface area contributed by atoms with Gasteiger partial charge in [0.05, 0.1) is 13.8 Å². The molecule has 0 aliphatic carbocycles. The Morgan fingerprint density at radius 1 is 1.10 bits per heavy atom. The van der Waals surface area contributed by atoms with Gasteiger partial charge < -0.3 is 24.8 Å². The quantitative estimate of drug-likeness (QED) is 0.244. The molecule has 2 N–H and O–H groups in total. The van der Waals surface area contributed by atoms with Crippen LogP contribution in [0.2, 0.25) is 0 Å². The van der Waals surface area contributed by atoms with Crippen molar-refractivity contribution in [2.24, 2.45) is 0 Å². The van der Waals surface area contributed by atoms with E-state index < -0.39 is 30.9 Å². The molecule has 10 nitrogen and oxygen atoms in total. The number of aryl methyl sites for hydroxylation is 2. The summed E-state index contributed by atoms with van der Waals surface area (Å²) in [6, 6.07) is 12.2. The highest BCUT2D eigenvalue weighted by Crippen LogP contribution is 2.25. The van der Waals surface area contributed by atoms with E-state index in [2.05, 4.69) is 15.2 Å². The van der Waals surface area contributed by atoms with E-state index in [9.17, 15) is 23.9 Å². The SMILES string of the molecule is COC(=O)C(CCN(CCCF)CCCCc1ccc2c(n1)N(C(=O)O)CCC2)NC(=O)OCc1ccccc1. The molecule has 2 amide bonds. The number of esters is 1. The predicted octanol–water partition coefficient (Wildman–Crippen LogP) is 4.35. The van der Waals surface area contributed by atoms with Crippen molar-refractivity contribution in [3.8, 4) is 0 Å². The number of pyridine rings is 1. The largest absolute Gasteiger partial charge is 0.467 e. The van der Waals surface area contributed by atoms with Crippen LogP contribution in [0.1, 0.15) is 48.9 Å². The molecule has 1 aromatic heterocycles. The van der Waals surface area contributed by atoms with Gasteiger partial charge in [0.1, 0.15) is 18.5 Å². The molecule has 1 aliphatic rings. The van der Waals surface area contributed by atoms with Gasteiger partial charge in [0.2, 0.25) is 0 Å². The zero-order chi connectivity index (χ0) is 28.7. The van der Waals surface area contributed by atoms with Gasteiger partial charge in [-0.05, 0) is 68.7 Å². The molecule has 3 rings (SSSR count). The summed E-state index contributed by atoms with van der Waals surface area (Å²) in [6.07, 6.45) is 2.88. The molecule has 0 fully saturated rings. The van der Waals surface area contributed by atoms with Crippen LogP contribution in [0.3, 0.4) is 0 Å². The molecule has 0 radical (unpaired) electrons. The van der Waals surface area contributed by atoms with Gasteiger partial charge in [-0.25, -0.2) is 19.4 Å². The number of carboxylic acid groups (broad SMARTS) is 1. The van der Waals surface area contributed by atoms with Crippen molar-refractivity contribution < 1.29 is 33.4 Å². The van der Waals surface area contributed by atoms with E-state index in [4.69, 9.17) is 9.47 Å². The molecule has 0 bridgehead atoms. The van der Waals surface area contributed by atoms with Crippen LogP contribution in [0, 0.1) is 0 Å². The van der Waals surface area contributed by atoms with Gasteiger partial charge in [-0.1, -0.05) is 36.4 Å². The lowest BCUT2D eigenvalue weighted by Gasteiger charge is -2.26. The predicted molar refractivity (Wildman–Crippen MR) is 148 cm³/mol. The zero-order valence-electron chi connectivity index (χ0n) is 23.0. The second-order valence-electron chi connectivity index (χ2n) is 9.73. The van der Waals surface area contributed by atoms with Crippen molar-refractivity contribution >= 4 is 24.0 Å². The fraction of sp³-hybridized carbons (Fsp3) is 0.517. The number of amides is 2. The molecule has 2 aromatic rings. The number of halogens is 1. The third kappa shape index (κ3) is 9.78. The van der Waals surface area contributed by atoms with Crippen LogP contribution in [0.5, 0.6) is 0 Å². The van der Waals surface area contributed by atoms with Crippen molar-refractivity contribution in [2.75, 3.05) is 44.9 Å². The van der Waals surface area contributed by atoms with Gasteiger partial charge in [0, 0.05) is 25.3 Å². The molecule has 1 atom stereocenters. The number of carbonyl (C=O) groups excluding carboxylic acids is 2. The Hall–Kier alpha value is -3.73. The molecular weight excluding hydrogens is 519 g/mol. The number of alkyl halides is 1. The maximum absolute atomic E-state index is 12.9. The summed E-state index contributed by atoms with van der Waals surface area (Å²) < 4.78 is 23.0. The Kier molecular flexibility index (Phi) is 12.6. The van der Waals surface area contributed by atoms with Crippen LogP contribution >= 0.6 is 0 Å². The number of anilines is 1. The summed E-state index contributed by atoms with van der Waals surface area (Å²) >= 11 is 0. The Bertz CT molecular complexity index is 1100. The summed E-state index contributed by atoms with van der Waals surface area (Å²) in [7, 11) is 1.26. The van der Waals surface area contributed by atoms with Crippen LogP contribution < -0.4 is 10.2 Å². The third-order valence-electron chi connectivity index (χ3n) is 6.82. The minimum atomic E-state index is -0.988. The van der Waals surface area contributed by atoms with Crippen molar-refractivity contribution in [1.29, 1.82) is 0 Å². The second-order valence-corrected chi connectivity index (χ2v) is 9.73. The van der Waals surface area contributed by atoms with Crippen molar-refractivity contribution in [3.63, 3.8) is 0 Å². The molecular formula is C29H39FN4O6. The van der Waals surface area contributed by atoms with E-state index >= 15 is 0 Å². The van der Waals surface area contributed by atoms with Gasteiger partial charge in [0.15, 0.2) is 0 Å². The average molecular weight is 559 g/mol. The summed E-state index contributed by atoms with van der Waals surface area (Å²) in [5, 5.41) is 12.1. The minimum absolute atomic E-state index is 0.0800. The number of hydrogen-bond acceptors (Lipinski definition) is 7. The molecule has 1 unspecified atom stereocenters. The number of ether oxygens (including phenoxy) is 2. The number of fused-ring (bicyclic) bond motifs is 1. The number of nitrogens with one attached hydrogen (secondary N) is 1. The van der Waals surface area contributed by atoms with Gasteiger partial charge in [0.25, 0.3) is 0 Å². The molecule has 0 saturated carbocycles. The zero-order valence-corrected chi connectivity index (χ0v) is 23.0. The molecule has 11 heteroatoms. The number of alkyl carbamates (subject to hydrolysis) is 1. The number of hydrogen-bond donors (Lipinski definition) is 2. The molecule has 40 heavy (non-hydrogen) atoms. The molecule has 0 spiro atoms. The normalized spacial score (nSPS) is 13.4. The summed E-state index contributed by atoms with van der Waals surface area (Å²) in [6.45, 7) is 1.75. The first-order valence-electron chi connectivity index (χ1n) is 13.7. The molecule has 218 valence electrons. The van der Waals surface area contributed by atoms with Gasteiger partial charge in [-0.3, -0.25) is 9.29 Å². The number of benzene rings is 1. The first-order valence-corrected chi connectivity index (χ1v) is 13.7. The van der Waals surface area contributed by atoms with E-state index in [-0.39, 0.29) is 13.0 Å². The summed E-state index contributed by atoms with van der Waals surface area (Å²) in [5.41, 5.74) is 2.62. The number of carbonyl (C=O) groups is 3. The van der Waals surface area contributed by atoms with E-state index in [1.165, 1.54) is 12.0 Å². The number of aromatic nitrogens is 1. The van der Waals surface area contributed by atoms with Crippen LogP contribution in [-0.4, -0.2) is 79.2 Å². The first kappa shape index (κ1) is 30.8. The molecule has 1 aliphatic heterocycles.